The van der Waals surface area contributed by atoms with Crippen LogP contribution in [-0.4, -0.2) is 24.5 Å². The predicted molar refractivity (Wildman–Crippen MR) is 118 cm³/mol. The Hall–Kier alpha value is -3.26. The average Bonchev–Trinajstić information content (AvgIpc) is 2.81. The Bertz CT molecular complexity index is 1070. The van der Waals surface area contributed by atoms with Crippen LogP contribution in [0.3, 0.4) is 0 Å². The van der Waals surface area contributed by atoms with E-state index in [2.05, 4.69) is 15.6 Å². The number of carbonyl (C=O) groups is 1. The molecule has 0 fully saturated rings. The van der Waals surface area contributed by atoms with E-state index in [1.165, 1.54) is 18.3 Å². The number of nitrogens with one attached hydrogen (secondary N) is 2. The van der Waals surface area contributed by atoms with Gasteiger partial charge in [0.1, 0.15) is 17.6 Å². The Labute approximate surface area is 190 Å². The van der Waals surface area contributed by atoms with Gasteiger partial charge in [-0.25, -0.2) is 4.39 Å². The summed E-state index contributed by atoms with van der Waals surface area (Å²) in [6, 6.07) is 15.6. The van der Waals surface area contributed by atoms with E-state index in [0.717, 1.165) is 17.2 Å². The summed E-state index contributed by atoms with van der Waals surface area (Å²) in [7, 11) is 1.55. The van der Waals surface area contributed by atoms with Gasteiger partial charge in [0.25, 0.3) is 0 Å². The van der Waals surface area contributed by atoms with Crippen molar-refractivity contribution in [1.29, 1.82) is 0 Å². The first-order chi connectivity index (χ1) is 15.7. The lowest BCUT2D eigenvalue weighted by atomic mass is 9.88. The number of amides is 1. The number of hydrogen-bond donors (Lipinski definition) is 2. The molecule has 0 unspecified atom stereocenters. The number of benzene rings is 2. The molecule has 33 heavy (non-hydrogen) atoms. The van der Waals surface area contributed by atoms with Crippen LogP contribution in [0.1, 0.15) is 46.3 Å². The molecule has 8 heteroatoms. The number of rotatable bonds is 8. The van der Waals surface area contributed by atoms with Crippen LogP contribution in [0.15, 0.2) is 66.9 Å². The molecule has 0 spiro atoms. The van der Waals surface area contributed by atoms with Crippen molar-refractivity contribution in [2.45, 2.75) is 31.5 Å². The van der Waals surface area contributed by atoms with Crippen molar-refractivity contribution in [3.63, 3.8) is 0 Å². The van der Waals surface area contributed by atoms with Crippen LogP contribution in [0.5, 0.6) is 0 Å². The topological polar surface area (TPSA) is 54.0 Å². The number of hydrogen-bond acceptors (Lipinski definition) is 3. The predicted octanol–water partition coefficient (Wildman–Crippen LogP) is 5.15. The second-order valence-corrected chi connectivity index (χ2v) is 7.74. The van der Waals surface area contributed by atoms with E-state index in [0.29, 0.717) is 24.1 Å². The van der Waals surface area contributed by atoms with E-state index in [1.54, 1.807) is 26.1 Å². The summed E-state index contributed by atoms with van der Waals surface area (Å²) in [5.74, 6) is -0.899. The zero-order valence-electron chi connectivity index (χ0n) is 18.3. The third-order valence-corrected chi connectivity index (χ3v) is 5.49. The van der Waals surface area contributed by atoms with Crippen molar-refractivity contribution >= 4 is 5.91 Å². The highest BCUT2D eigenvalue weighted by Crippen LogP contribution is 2.32. The molecule has 0 aliphatic carbocycles. The summed E-state index contributed by atoms with van der Waals surface area (Å²) in [5.41, 5.74) is 1.60. The zero-order chi connectivity index (χ0) is 24.0. The Morgan fingerprint density at radius 3 is 2.27 bits per heavy atom. The summed E-state index contributed by atoms with van der Waals surface area (Å²) >= 11 is 0. The number of nitrogens with zero attached hydrogens (tertiary/aromatic N) is 1. The minimum Gasteiger partial charge on any atom is -0.358 e. The van der Waals surface area contributed by atoms with Gasteiger partial charge < -0.3 is 10.6 Å². The fourth-order valence-electron chi connectivity index (χ4n) is 3.71. The van der Waals surface area contributed by atoms with Crippen LogP contribution in [-0.2, 0) is 11.0 Å². The lowest BCUT2D eigenvalue weighted by Gasteiger charge is -2.22. The van der Waals surface area contributed by atoms with Gasteiger partial charge in [-0.3, -0.25) is 9.78 Å². The molecule has 2 aromatic carbocycles. The van der Waals surface area contributed by atoms with Gasteiger partial charge in [-0.2, -0.15) is 13.2 Å². The summed E-state index contributed by atoms with van der Waals surface area (Å²) in [5, 5.41) is 5.87. The molecular weight excluding hydrogens is 434 g/mol. The molecule has 0 bridgehead atoms. The number of likely N-dealkylation sites (N-methyl/N-ethyl adjacent to an activating group) is 1. The van der Waals surface area contributed by atoms with Crippen LogP contribution < -0.4 is 10.6 Å². The number of halogens is 4. The highest BCUT2D eigenvalue weighted by Gasteiger charge is 2.32. The molecule has 0 saturated carbocycles. The monoisotopic (exact) mass is 459 g/mol. The summed E-state index contributed by atoms with van der Waals surface area (Å²) < 4.78 is 52.7. The molecule has 3 aromatic rings. The zero-order valence-corrected chi connectivity index (χ0v) is 18.3. The third-order valence-electron chi connectivity index (χ3n) is 5.49. The highest BCUT2D eigenvalue weighted by atomic mass is 19.4. The molecule has 0 aliphatic rings. The molecule has 2 N–H and O–H groups in total. The lowest BCUT2D eigenvalue weighted by molar-refractivity contribution is -0.141. The van der Waals surface area contributed by atoms with Crippen molar-refractivity contribution in [3.8, 4) is 0 Å². The molecule has 1 amide bonds. The van der Waals surface area contributed by atoms with Gasteiger partial charge in [0.05, 0.1) is 0 Å². The first kappa shape index (κ1) is 24.4. The fourth-order valence-corrected chi connectivity index (χ4v) is 3.71. The molecule has 174 valence electrons. The van der Waals surface area contributed by atoms with Crippen molar-refractivity contribution in [2.75, 3.05) is 13.6 Å². The van der Waals surface area contributed by atoms with Gasteiger partial charge in [-0.1, -0.05) is 48.5 Å². The maximum Gasteiger partial charge on any atom is 0.433 e. The van der Waals surface area contributed by atoms with Crippen molar-refractivity contribution in [2.24, 2.45) is 0 Å². The summed E-state index contributed by atoms with van der Waals surface area (Å²) in [4.78, 5) is 16.0. The second-order valence-electron chi connectivity index (χ2n) is 7.74. The SMILES string of the molecule is CNC(=O)[C@H](NCC[C@H](c1ccc(C(F)(F)F)nc1)c1ccc(F)c(C)c1)c1ccccc1. The smallest absolute Gasteiger partial charge is 0.358 e. The van der Waals surface area contributed by atoms with Crippen LogP contribution in [0.25, 0.3) is 0 Å². The minimum atomic E-state index is -4.53. The van der Waals surface area contributed by atoms with E-state index < -0.39 is 17.9 Å². The standard InChI is InChI=1S/C25H25F4N3O/c1-16-14-18(8-10-21(16)26)20(19-9-11-22(32-15-19)25(27,28)29)12-13-31-23(24(33)30-2)17-6-4-3-5-7-17/h3-11,14-15,20,23,31H,12-13H2,1-2H3,(H,30,33)/t20-,23+/m0/s1. The molecular formula is C25H25F4N3O. The molecule has 0 radical (unpaired) electrons. The molecule has 3 rings (SSSR count). The fraction of sp³-hybridized carbons (Fsp3) is 0.280. The number of aryl methyl sites for hydroxylation is 1. The second kappa shape index (κ2) is 10.6. The first-order valence-corrected chi connectivity index (χ1v) is 10.5. The molecule has 0 aliphatic heterocycles. The van der Waals surface area contributed by atoms with Crippen molar-refractivity contribution in [3.05, 3.63) is 101 Å². The third kappa shape index (κ3) is 6.16. The van der Waals surface area contributed by atoms with Crippen LogP contribution in [0.2, 0.25) is 0 Å². The van der Waals surface area contributed by atoms with Gasteiger partial charge in [-0.15, -0.1) is 0 Å². The van der Waals surface area contributed by atoms with Crippen LogP contribution in [0.4, 0.5) is 17.6 Å². The van der Waals surface area contributed by atoms with E-state index in [1.807, 2.05) is 30.3 Å². The largest absolute Gasteiger partial charge is 0.433 e. The quantitative estimate of drug-likeness (QED) is 0.459. The van der Waals surface area contributed by atoms with Gasteiger partial charge in [-0.05, 0) is 54.3 Å². The molecule has 0 saturated heterocycles. The highest BCUT2D eigenvalue weighted by molar-refractivity contribution is 5.82. The van der Waals surface area contributed by atoms with Gasteiger partial charge in [0.15, 0.2) is 0 Å². The Balaban J connectivity index is 1.85. The normalized spacial score (nSPS) is 13.4. The maximum atomic E-state index is 13.8. The Morgan fingerprint density at radius 1 is 1.00 bits per heavy atom. The van der Waals surface area contributed by atoms with Gasteiger partial charge >= 0.3 is 6.18 Å². The van der Waals surface area contributed by atoms with E-state index in [9.17, 15) is 22.4 Å². The molecule has 4 nitrogen and oxygen atoms in total. The lowest BCUT2D eigenvalue weighted by Crippen LogP contribution is -2.36. The summed E-state index contributed by atoms with van der Waals surface area (Å²) in [6.07, 6.45) is -2.86. The first-order valence-electron chi connectivity index (χ1n) is 10.5. The average molecular weight is 459 g/mol. The molecule has 2 atom stereocenters. The Kier molecular flexibility index (Phi) is 7.81. The van der Waals surface area contributed by atoms with E-state index in [-0.39, 0.29) is 17.6 Å². The van der Waals surface area contributed by atoms with Crippen molar-refractivity contribution in [1.82, 2.24) is 15.6 Å². The maximum absolute atomic E-state index is 13.8. The molecule has 1 aromatic heterocycles. The summed E-state index contributed by atoms with van der Waals surface area (Å²) in [6.45, 7) is 2.02. The Morgan fingerprint density at radius 2 is 1.70 bits per heavy atom. The molecule has 1 heterocycles. The number of pyridine rings is 1. The minimum absolute atomic E-state index is 0.202. The van der Waals surface area contributed by atoms with Crippen molar-refractivity contribution < 1.29 is 22.4 Å². The number of alkyl halides is 3. The van der Waals surface area contributed by atoms with Crippen LogP contribution >= 0.6 is 0 Å². The van der Waals surface area contributed by atoms with Gasteiger partial charge in [0, 0.05) is 19.2 Å². The van der Waals surface area contributed by atoms with Gasteiger partial charge in [0.2, 0.25) is 5.91 Å². The number of carbonyl (C=O) groups excluding carboxylic acids is 1. The van der Waals surface area contributed by atoms with E-state index >= 15 is 0 Å². The van der Waals surface area contributed by atoms with Crippen LogP contribution in [0, 0.1) is 12.7 Å². The van der Waals surface area contributed by atoms with E-state index in [4.69, 9.17) is 0 Å². The number of aromatic nitrogens is 1.